The number of hydrogen-bond donors (Lipinski definition) is 0. The third kappa shape index (κ3) is 5.60. The number of halogens is 1. The maximum absolute atomic E-state index is 13.0. The van der Waals surface area contributed by atoms with E-state index in [2.05, 4.69) is 6.08 Å². The summed E-state index contributed by atoms with van der Waals surface area (Å²) in [6.07, 6.45) is 7.79. The lowest BCUT2D eigenvalue weighted by Crippen LogP contribution is -2.38. The zero-order chi connectivity index (χ0) is 18.2. The number of benzene rings is 1. The van der Waals surface area contributed by atoms with Crippen LogP contribution in [0.3, 0.4) is 0 Å². The fraction of sp³-hybridized carbons (Fsp3) is 0.500. The molecule has 1 unspecified atom stereocenters. The maximum Gasteiger partial charge on any atom is 0.310 e. The molecule has 4 nitrogen and oxygen atoms in total. The summed E-state index contributed by atoms with van der Waals surface area (Å²) < 4.78 is 4.80. The van der Waals surface area contributed by atoms with Crippen LogP contribution in [0.5, 0.6) is 0 Å². The number of allylic oxidation sites excluding steroid dienone is 1. The molecule has 0 fully saturated rings. The van der Waals surface area contributed by atoms with Crippen molar-refractivity contribution in [1.29, 1.82) is 0 Å². The van der Waals surface area contributed by atoms with Gasteiger partial charge in [-0.2, -0.15) is 0 Å². The Morgan fingerprint density at radius 3 is 2.68 bits per heavy atom. The van der Waals surface area contributed by atoms with Crippen molar-refractivity contribution in [2.75, 3.05) is 20.2 Å². The second-order valence-electron chi connectivity index (χ2n) is 6.51. The number of esters is 1. The Morgan fingerprint density at radius 1 is 1.28 bits per heavy atom. The molecule has 5 heteroatoms. The van der Waals surface area contributed by atoms with Gasteiger partial charge in [-0.3, -0.25) is 9.59 Å². The van der Waals surface area contributed by atoms with Crippen LogP contribution < -0.4 is 0 Å². The second kappa shape index (κ2) is 9.62. The van der Waals surface area contributed by atoms with Crippen LogP contribution in [0.25, 0.3) is 0 Å². The highest BCUT2D eigenvalue weighted by Gasteiger charge is 2.24. The average molecular weight is 364 g/mol. The van der Waals surface area contributed by atoms with E-state index < -0.39 is 0 Å². The minimum absolute atomic E-state index is 0.141. The van der Waals surface area contributed by atoms with E-state index in [4.69, 9.17) is 16.3 Å². The molecule has 136 valence electrons. The van der Waals surface area contributed by atoms with Crippen molar-refractivity contribution in [2.45, 2.75) is 39.0 Å². The van der Waals surface area contributed by atoms with Crippen molar-refractivity contribution < 1.29 is 14.3 Å². The van der Waals surface area contributed by atoms with E-state index in [1.807, 2.05) is 0 Å². The van der Waals surface area contributed by atoms with E-state index in [0.29, 0.717) is 23.7 Å². The lowest BCUT2D eigenvalue weighted by atomic mass is 9.97. The standard InChI is InChI=1S/C20H26ClNO3/c1-15(20(24)25-2)14-22(13-12-16-8-4-3-5-9-16)19(23)17-10-6-7-11-18(17)21/h6-8,10-11,15H,3-5,9,12-14H2,1-2H3. The molecular formula is C20H26ClNO3. The molecule has 0 bridgehead atoms. The third-order valence-electron chi connectivity index (χ3n) is 4.58. The highest BCUT2D eigenvalue weighted by Crippen LogP contribution is 2.22. The molecule has 1 aromatic carbocycles. The van der Waals surface area contributed by atoms with Crippen LogP contribution in [-0.4, -0.2) is 37.0 Å². The average Bonchev–Trinajstić information content (AvgIpc) is 2.64. The van der Waals surface area contributed by atoms with Gasteiger partial charge in [0.2, 0.25) is 0 Å². The SMILES string of the molecule is COC(=O)C(C)CN(CCC1=CCCCC1)C(=O)c1ccccc1Cl. The fourth-order valence-corrected chi connectivity index (χ4v) is 3.31. The van der Waals surface area contributed by atoms with Gasteiger partial charge in [0.25, 0.3) is 5.91 Å². The van der Waals surface area contributed by atoms with E-state index in [1.165, 1.54) is 25.5 Å². The Bertz CT molecular complexity index is 642. The molecule has 1 aliphatic carbocycles. The van der Waals surface area contributed by atoms with Crippen molar-refractivity contribution in [3.63, 3.8) is 0 Å². The van der Waals surface area contributed by atoms with Gasteiger partial charge in [0, 0.05) is 13.1 Å². The Hall–Kier alpha value is -1.81. The number of rotatable bonds is 7. The fourth-order valence-electron chi connectivity index (χ4n) is 3.10. The number of carbonyl (C=O) groups excluding carboxylic acids is 2. The summed E-state index contributed by atoms with van der Waals surface area (Å²) in [4.78, 5) is 26.5. The van der Waals surface area contributed by atoms with Crippen LogP contribution in [0, 0.1) is 5.92 Å². The molecular weight excluding hydrogens is 338 g/mol. The lowest BCUT2D eigenvalue weighted by molar-refractivity contribution is -0.145. The van der Waals surface area contributed by atoms with Crippen molar-refractivity contribution in [2.24, 2.45) is 5.92 Å². The van der Waals surface area contributed by atoms with E-state index in [1.54, 1.807) is 36.1 Å². The molecule has 0 aromatic heterocycles. The number of amides is 1. The molecule has 0 radical (unpaired) electrons. The summed E-state index contributed by atoms with van der Waals surface area (Å²) in [7, 11) is 1.37. The Labute approximate surface area is 154 Å². The first kappa shape index (κ1) is 19.5. The molecule has 1 aromatic rings. The zero-order valence-corrected chi connectivity index (χ0v) is 15.7. The number of nitrogens with zero attached hydrogens (tertiary/aromatic N) is 1. The van der Waals surface area contributed by atoms with Crippen LogP contribution in [0.15, 0.2) is 35.9 Å². The maximum atomic E-state index is 13.0. The van der Waals surface area contributed by atoms with E-state index >= 15 is 0 Å². The quantitative estimate of drug-likeness (QED) is 0.530. The first-order chi connectivity index (χ1) is 12.0. The molecule has 0 saturated heterocycles. The summed E-state index contributed by atoms with van der Waals surface area (Å²) in [5.41, 5.74) is 1.87. The number of carbonyl (C=O) groups is 2. The smallest absolute Gasteiger partial charge is 0.310 e. The van der Waals surface area contributed by atoms with Crippen LogP contribution in [0.2, 0.25) is 5.02 Å². The van der Waals surface area contributed by atoms with Gasteiger partial charge in [-0.15, -0.1) is 0 Å². The molecule has 0 aliphatic heterocycles. The minimum Gasteiger partial charge on any atom is -0.469 e. The minimum atomic E-state index is -0.378. The molecule has 0 saturated carbocycles. The first-order valence-electron chi connectivity index (χ1n) is 8.82. The van der Waals surface area contributed by atoms with Crippen molar-refractivity contribution >= 4 is 23.5 Å². The molecule has 2 rings (SSSR count). The van der Waals surface area contributed by atoms with Crippen LogP contribution in [0.1, 0.15) is 49.4 Å². The van der Waals surface area contributed by atoms with Crippen LogP contribution in [-0.2, 0) is 9.53 Å². The van der Waals surface area contributed by atoms with Gasteiger partial charge in [-0.05, 0) is 44.2 Å². The van der Waals surface area contributed by atoms with Gasteiger partial charge in [-0.25, -0.2) is 0 Å². The summed E-state index contributed by atoms with van der Waals surface area (Å²) in [5, 5.41) is 0.431. The predicted molar refractivity (Wildman–Crippen MR) is 99.7 cm³/mol. The van der Waals surface area contributed by atoms with Crippen LogP contribution in [0.4, 0.5) is 0 Å². The molecule has 0 heterocycles. The summed E-state index contributed by atoms with van der Waals surface area (Å²) >= 11 is 6.19. The monoisotopic (exact) mass is 363 g/mol. The molecule has 25 heavy (non-hydrogen) atoms. The largest absolute Gasteiger partial charge is 0.469 e. The topological polar surface area (TPSA) is 46.6 Å². The predicted octanol–water partition coefficient (Wildman–Crippen LogP) is 4.48. The van der Waals surface area contributed by atoms with Gasteiger partial charge >= 0.3 is 5.97 Å². The zero-order valence-electron chi connectivity index (χ0n) is 15.0. The highest BCUT2D eigenvalue weighted by atomic mass is 35.5. The Balaban J connectivity index is 2.12. The number of ether oxygens (including phenoxy) is 1. The Morgan fingerprint density at radius 2 is 2.04 bits per heavy atom. The normalized spacial score (nSPS) is 15.2. The summed E-state index contributed by atoms with van der Waals surface area (Å²) in [5.74, 6) is -0.830. The summed E-state index contributed by atoms with van der Waals surface area (Å²) in [6, 6.07) is 7.03. The van der Waals surface area contributed by atoms with Crippen LogP contribution >= 0.6 is 11.6 Å². The van der Waals surface area contributed by atoms with Crippen molar-refractivity contribution in [3.05, 3.63) is 46.5 Å². The van der Waals surface area contributed by atoms with E-state index in [-0.39, 0.29) is 17.8 Å². The van der Waals surface area contributed by atoms with Gasteiger partial charge in [0.15, 0.2) is 0 Å². The third-order valence-corrected chi connectivity index (χ3v) is 4.91. The van der Waals surface area contributed by atoms with Gasteiger partial charge < -0.3 is 9.64 Å². The van der Waals surface area contributed by atoms with E-state index in [0.717, 1.165) is 19.3 Å². The lowest BCUT2D eigenvalue weighted by Gasteiger charge is -2.26. The number of hydrogen-bond acceptors (Lipinski definition) is 3. The van der Waals surface area contributed by atoms with E-state index in [9.17, 15) is 9.59 Å². The molecule has 0 spiro atoms. The Kier molecular flexibility index (Phi) is 7.51. The molecule has 1 atom stereocenters. The first-order valence-corrected chi connectivity index (χ1v) is 9.20. The molecule has 1 amide bonds. The summed E-state index contributed by atoms with van der Waals surface area (Å²) in [6.45, 7) is 2.68. The second-order valence-corrected chi connectivity index (χ2v) is 6.92. The van der Waals surface area contributed by atoms with Crippen molar-refractivity contribution in [3.8, 4) is 0 Å². The van der Waals surface area contributed by atoms with Crippen molar-refractivity contribution in [1.82, 2.24) is 4.90 Å². The molecule has 0 N–H and O–H groups in total. The number of methoxy groups -OCH3 is 1. The molecule has 1 aliphatic rings. The highest BCUT2D eigenvalue weighted by molar-refractivity contribution is 6.33. The van der Waals surface area contributed by atoms with Gasteiger partial charge in [0.1, 0.15) is 0 Å². The van der Waals surface area contributed by atoms with Gasteiger partial charge in [-0.1, -0.05) is 42.3 Å². The van der Waals surface area contributed by atoms with Gasteiger partial charge in [0.05, 0.1) is 23.6 Å².